The van der Waals surface area contributed by atoms with Gasteiger partial charge in [0.2, 0.25) is 5.91 Å². The smallest absolute Gasteiger partial charge is 0.242 e. The summed E-state index contributed by atoms with van der Waals surface area (Å²) in [5.74, 6) is 0.0300. The maximum Gasteiger partial charge on any atom is 0.242 e. The Hall–Kier alpha value is -1.40. The first kappa shape index (κ1) is 13.6. The Morgan fingerprint density at radius 2 is 2.05 bits per heavy atom. The molecule has 1 amide bonds. The van der Waals surface area contributed by atoms with E-state index in [4.69, 9.17) is 5.73 Å². The van der Waals surface area contributed by atoms with Gasteiger partial charge in [-0.1, -0.05) is 18.2 Å². The molecule has 1 atom stereocenters. The number of nitrogens with one attached hydrogen (secondary N) is 1. The van der Waals surface area contributed by atoms with Gasteiger partial charge in [0, 0.05) is 5.56 Å². The third-order valence-corrected chi connectivity index (χ3v) is 6.01. The first-order valence-corrected chi connectivity index (χ1v) is 8.48. The molecule has 1 aromatic rings. The molecule has 1 aliphatic carbocycles. The molecule has 0 spiro atoms. The van der Waals surface area contributed by atoms with Gasteiger partial charge in [0.1, 0.15) is 5.54 Å². The van der Waals surface area contributed by atoms with E-state index in [0.717, 1.165) is 12.8 Å². The van der Waals surface area contributed by atoms with Crippen LogP contribution in [-0.2, 0) is 20.2 Å². The molecule has 0 bridgehead atoms. The first-order valence-electron chi connectivity index (χ1n) is 6.83. The molecule has 108 valence electrons. The van der Waals surface area contributed by atoms with Gasteiger partial charge in [0.15, 0.2) is 9.84 Å². The normalized spacial score (nSPS) is 27.8. The molecular formula is C14H18N2O3S. The van der Waals surface area contributed by atoms with Gasteiger partial charge in [-0.15, -0.1) is 0 Å². The van der Waals surface area contributed by atoms with Crippen LogP contribution in [0.2, 0.25) is 0 Å². The van der Waals surface area contributed by atoms with Crippen LogP contribution in [0.5, 0.6) is 0 Å². The molecule has 0 radical (unpaired) electrons. The molecule has 1 aliphatic heterocycles. The number of primary amides is 1. The number of rotatable bonds is 4. The van der Waals surface area contributed by atoms with E-state index in [1.54, 1.807) is 24.3 Å². The lowest BCUT2D eigenvalue weighted by Crippen LogP contribution is -2.56. The van der Waals surface area contributed by atoms with E-state index in [-0.39, 0.29) is 17.1 Å². The van der Waals surface area contributed by atoms with E-state index < -0.39 is 21.3 Å². The molecule has 1 aromatic carbocycles. The molecule has 1 unspecified atom stereocenters. The zero-order valence-corrected chi connectivity index (χ0v) is 11.9. The zero-order valence-electron chi connectivity index (χ0n) is 11.1. The Bertz CT molecular complexity index is 652. The zero-order chi connectivity index (χ0) is 14.4. The van der Waals surface area contributed by atoms with Crippen LogP contribution in [-0.4, -0.2) is 26.6 Å². The fraction of sp³-hybridized carbons (Fsp3) is 0.500. The lowest BCUT2D eigenvalue weighted by Gasteiger charge is -2.37. The van der Waals surface area contributed by atoms with Gasteiger partial charge in [-0.2, -0.15) is 0 Å². The van der Waals surface area contributed by atoms with E-state index in [0.29, 0.717) is 18.0 Å². The van der Waals surface area contributed by atoms with Gasteiger partial charge in [0.25, 0.3) is 0 Å². The summed E-state index contributed by atoms with van der Waals surface area (Å²) in [5, 5.41) is 3.25. The summed E-state index contributed by atoms with van der Waals surface area (Å²) in [4.78, 5) is 12.3. The first-order chi connectivity index (χ1) is 9.46. The van der Waals surface area contributed by atoms with Gasteiger partial charge in [-0.05, 0) is 37.8 Å². The Labute approximate surface area is 118 Å². The molecular weight excluding hydrogens is 276 g/mol. The minimum Gasteiger partial charge on any atom is -0.368 e. The molecule has 5 nitrogen and oxygen atoms in total. The van der Waals surface area contributed by atoms with Crippen LogP contribution in [0.3, 0.4) is 0 Å². The third-order valence-electron chi connectivity index (χ3n) is 4.24. The molecule has 1 saturated carbocycles. The van der Waals surface area contributed by atoms with Crippen molar-refractivity contribution in [3.8, 4) is 0 Å². The van der Waals surface area contributed by atoms with E-state index in [1.165, 1.54) is 0 Å². The maximum atomic E-state index is 12.2. The number of hydrogen-bond acceptors (Lipinski definition) is 4. The van der Waals surface area contributed by atoms with Crippen molar-refractivity contribution in [2.45, 2.75) is 29.7 Å². The van der Waals surface area contributed by atoms with Crippen LogP contribution >= 0.6 is 0 Å². The SMILES string of the molecule is NC(=O)C1(NCC2CC2)CCS(=O)(=O)c2ccccc21. The summed E-state index contributed by atoms with van der Waals surface area (Å²) in [6.45, 7) is 0.706. The van der Waals surface area contributed by atoms with E-state index in [1.807, 2.05) is 0 Å². The average Bonchev–Trinajstić information content (AvgIpc) is 3.22. The van der Waals surface area contributed by atoms with Gasteiger partial charge in [-0.25, -0.2) is 8.42 Å². The van der Waals surface area contributed by atoms with Gasteiger partial charge >= 0.3 is 0 Å². The molecule has 3 N–H and O–H groups in total. The largest absolute Gasteiger partial charge is 0.368 e. The predicted molar refractivity (Wildman–Crippen MR) is 74.7 cm³/mol. The predicted octanol–water partition coefficient (Wildman–Crippen LogP) is 0.544. The number of carbonyl (C=O) groups excluding carboxylic acids is 1. The highest BCUT2D eigenvalue weighted by Gasteiger charge is 2.46. The van der Waals surface area contributed by atoms with Gasteiger partial charge < -0.3 is 5.73 Å². The summed E-state index contributed by atoms with van der Waals surface area (Å²) in [6, 6.07) is 6.67. The molecule has 0 saturated heterocycles. The highest BCUT2D eigenvalue weighted by atomic mass is 32.2. The topological polar surface area (TPSA) is 89.3 Å². The van der Waals surface area contributed by atoms with E-state index in [2.05, 4.69) is 5.32 Å². The average molecular weight is 294 g/mol. The second kappa shape index (κ2) is 4.56. The number of hydrogen-bond donors (Lipinski definition) is 2. The fourth-order valence-electron chi connectivity index (χ4n) is 2.79. The molecule has 3 rings (SSSR count). The van der Waals surface area contributed by atoms with Crippen molar-refractivity contribution in [1.29, 1.82) is 0 Å². The van der Waals surface area contributed by atoms with Crippen molar-refractivity contribution in [2.24, 2.45) is 11.7 Å². The van der Waals surface area contributed by atoms with Gasteiger partial charge in [-0.3, -0.25) is 10.1 Å². The molecule has 1 fully saturated rings. The number of carbonyl (C=O) groups is 1. The monoisotopic (exact) mass is 294 g/mol. The van der Waals surface area contributed by atoms with Crippen molar-refractivity contribution in [1.82, 2.24) is 5.32 Å². The van der Waals surface area contributed by atoms with Crippen molar-refractivity contribution in [3.63, 3.8) is 0 Å². The van der Waals surface area contributed by atoms with Crippen molar-refractivity contribution < 1.29 is 13.2 Å². The third kappa shape index (κ3) is 2.13. The standard InChI is InChI=1S/C14H18N2O3S/c15-13(17)14(16-9-10-5-6-10)7-8-20(18,19)12-4-2-1-3-11(12)14/h1-4,10,16H,5-9H2,(H2,15,17). The highest BCUT2D eigenvalue weighted by Crippen LogP contribution is 2.38. The van der Waals surface area contributed by atoms with Crippen LogP contribution in [0.4, 0.5) is 0 Å². The summed E-state index contributed by atoms with van der Waals surface area (Å²) in [6.07, 6.45) is 2.51. The second-order valence-electron chi connectivity index (χ2n) is 5.66. The van der Waals surface area contributed by atoms with E-state index in [9.17, 15) is 13.2 Å². The lowest BCUT2D eigenvalue weighted by atomic mass is 9.85. The van der Waals surface area contributed by atoms with Crippen LogP contribution < -0.4 is 11.1 Å². The summed E-state index contributed by atoms with van der Waals surface area (Å²) in [7, 11) is -3.32. The summed E-state index contributed by atoms with van der Waals surface area (Å²) in [5.41, 5.74) is 5.06. The summed E-state index contributed by atoms with van der Waals surface area (Å²) < 4.78 is 24.3. The number of benzene rings is 1. The number of sulfone groups is 1. The molecule has 1 heterocycles. The Morgan fingerprint density at radius 3 is 2.70 bits per heavy atom. The van der Waals surface area contributed by atoms with Crippen LogP contribution in [0, 0.1) is 5.92 Å². The highest BCUT2D eigenvalue weighted by molar-refractivity contribution is 7.91. The second-order valence-corrected chi connectivity index (χ2v) is 7.74. The number of nitrogens with two attached hydrogens (primary N) is 1. The minimum atomic E-state index is -3.32. The van der Waals surface area contributed by atoms with Crippen molar-refractivity contribution >= 4 is 15.7 Å². The number of amides is 1. The maximum absolute atomic E-state index is 12.2. The molecule has 0 aromatic heterocycles. The minimum absolute atomic E-state index is 0.0510. The van der Waals surface area contributed by atoms with Crippen LogP contribution in [0.25, 0.3) is 0 Å². The Kier molecular flexibility index (Phi) is 3.10. The summed E-state index contributed by atoms with van der Waals surface area (Å²) >= 11 is 0. The molecule has 6 heteroatoms. The quantitative estimate of drug-likeness (QED) is 0.848. The Morgan fingerprint density at radius 1 is 1.35 bits per heavy atom. The Balaban J connectivity index is 2.08. The van der Waals surface area contributed by atoms with Crippen LogP contribution in [0.15, 0.2) is 29.2 Å². The van der Waals surface area contributed by atoms with Crippen molar-refractivity contribution in [3.05, 3.63) is 29.8 Å². The van der Waals surface area contributed by atoms with Gasteiger partial charge in [0.05, 0.1) is 10.6 Å². The van der Waals surface area contributed by atoms with Crippen molar-refractivity contribution in [2.75, 3.05) is 12.3 Å². The number of fused-ring (bicyclic) bond motifs is 1. The lowest BCUT2D eigenvalue weighted by molar-refractivity contribution is -0.125. The van der Waals surface area contributed by atoms with E-state index >= 15 is 0 Å². The molecule has 2 aliphatic rings. The molecule has 20 heavy (non-hydrogen) atoms. The fourth-order valence-corrected chi connectivity index (χ4v) is 4.45. The van der Waals surface area contributed by atoms with Crippen LogP contribution in [0.1, 0.15) is 24.8 Å².